The molecule has 5 heteroatoms. The van der Waals surface area contributed by atoms with Gasteiger partial charge in [0.05, 0.1) is 0 Å². The van der Waals surface area contributed by atoms with Gasteiger partial charge in [0, 0.05) is 17.7 Å². The van der Waals surface area contributed by atoms with Crippen molar-refractivity contribution < 1.29 is 24.5 Å². The van der Waals surface area contributed by atoms with Gasteiger partial charge in [-0.2, -0.15) is 0 Å². The highest BCUT2D eigenvalue weighted by Crippen LogP contribution is 2.17. The predicted molar refractivity (Wildman–Crippen MR) is 85.9 cm³/mol. The van der Waals surface area contributed by atoms with Crippen LogP contribution in [0.1, 0.15) is 11.1 Å². The minimum atomic E-state index is -1.03. The highest BCUT2D eigenvalue weighted by molar-refractivity contribution is 5.89. The third-order valence-corrected chi connectivity index (χ3v) is 2.85. The maximum absolute atomic E-state index is 11.7. The zero-order chi connectivity index (χ0) is 16.7. The van der Waals surface area contributed by atoms with E-state index >= 15 is 0 Å². The third-order valence-electron chi connectivity index (χ3n) is 2.85. The predicted octanol–water partition coefficient (Wildman–Crippen LogP) is 3.11. The molecule has 0 unspecified atom stereocenters. The molecule has 0 bridgehead atoms. The molecule has 0 atom stereocenters. The highest BCUT2D eigenvalue weighted by Gasteiger charge is 2.01. The number of rotatable bonds is 5. The lowest BCUT2D eigenvalue weighted by Gasteiger charge is -2.02. The molecule has 0 fully saturated rings. The first kappa shape index (κ1) is 16.0. The molecule has 0 aliphatic rings. The number of carbonyl (C=O) groups is 2. The van der Waals surface area contributed by atoms with Gasteiger partial charge in [-0.3, -0.25) is 0 Å². The van der Waals surface area contributed by atoms with Gasteiger partial charge in [0.2, 0.25) is 0 Å². The second-order valence-corrected chi connectivity index (χ2v) is 4.55. The number of para-hydroxylation sites is 1. The molecule has 0 aliphatic heterocycles. The molecule has 0 aromatic heterocycles. The molecule has 116 valence electrons. The summed E-state index contributed by atoms with van der Waals surface area (Å²) in [6.45, 7) is 0. The maximum Gasteiger partial charge on any atom is 0.336 e. The smallest absolute Gasteiger partial charge is 0.336 e. The van der Waals surface area contributed by atoms with Crippen LogP contribution in [0.4, 0.5) is 0 Å². The van der Waals surface area contributed by atoms with E-state index in [9.17, 15) is 14.7 Å². The number of ether oxygens (including phenoxy) is 1. The van der Waals surface area contributed by atoms with Crippen molar-refractivity contribution >= 4 is 24.1 Å². The van der Waals surface area contributed by atoms with Crippen molar-refractivity contribution in [3.8, 4) is 11.5 Å². The number of carboxylic acid groups (broad SMARTS) is 1. The molecule has 2 aromatic rings. The number of hydrogen-bond donors (Lipinski definition) is 2. The van der Waals surface area contributed by atoms with E-state index in [1.165, 1.54) is 24.3 Å². The molecule has 0 saturated carbocycles. The fourth-order valence-electron chi connectivity index (χ4n) is 1.75. The Morgan fingerprint density at radius 1 is 0.913 bits per heavy atom. The molecule has 23 heavy (non-hydrogen) atoms. The van der Waals surface area contributed by atoms with Gasteiger partial charge in [-0.1, -0.05) is 30.3 Å². The monoisotopic (exact) mass is 310 g/mol. The van der Waals surface area contributed by atoms with Crippen molar-refractivity contribution in [3.63, 3.8) is 0 Å². The lowest BCUT2D eigenvalue weighted by atomic mass is 10.2. The Morgan fingerprint density at radius 3 is 2.26 bits per heavy atom. The van der Waals surface area contributed by atoms with E-state index in [-0.39, 0.29) is 5.75 Å². The molecule has 2 N–H and O–H groups in total. The number of phenolic OH excluding ortho intramolecular Hbond substituents is 1. The zero-order valence-corrected chi connectivity index (χ0v) is 12.0. The molecule has 2 aromatic carbocycles. The van der Waals surface area contributed by atoms with Crippen LogP contribution in [0, 0.1) is 0 Å². The van der Waals surface area contributed by atoms with Crippen LogP contribution in [0.5, 0.6) is 11.5 Å². The molecule has 0 aliphatic carbocycles. The molecule has 5 nitrogen and oxygen atoms in total. The number of hydrogen-bond acceptors (Lipinski definition) is 4. The largest absolute Gasteiger partial charge is 0.507 e. The van der Waals surface area contributed by atoms with E-state index in [4.69, 9.17) is 9.84 Å². The Balaban J connectivity index is 1.98. The van der Waals surface area contributed by atoms with E-state index in [0.717, 1.165) is 6.08 Å². The summed E-state index contributed by atoms with van der Waals surface area (Å²) in [5, 5.41) is 18.1. The van der Waals surface area contributed by atoms with Gasteiger partial charge in [0.1, 0.15) is 11.5 Å². The fourth-order valence-corrected chi connectivity index (χ4v) is 1.75. The maximum atomic E-state index is 11.7. The van der Waals surface area contributed by atoms with Crippen LogP contribution in [0.15, 0.2) is 60.7 Å². The first-order valence-electron chi connectivity index (χ1n) is 6.73. The van der Waals surface area contributed by atoms with Crippen molar-refractivity contribution in [2.24, 2.45) is 0 Å². The zero-order valence-electron chi connectivity index (χ0n) is 12.0. The number of carbonyl (C=O) groups excluding carboxylic acids is 1. The molecule has 0 amide bonds. The Labute approximate surface area is 132 Å². The van der Waals surface area contributed by atoms with Crippen molar-refractivity contribution in [1.82, 2.24) is 0 Å². The number of phenols is 1. The molecule has 0 spiro atoms. The molecule has 0 saturated heterocycles. The van der Waals surface area contributed by atoms with Crippen LogP contribution in [0.3, 0.4) is 0 Å². The lowest BCUT2D eigenvalue weighted by molar-refractivity contribution is -0.131. The van der Waals surface area contributed by atoms with E-state index < -0.39 is 11.9 Å². The first-order valence-corrected chi connectivity index (χ1v) is 6.73. The van der Waals surface area contributed by atoms with Crippen LogP contribution >= 0.6 is 0 Å². The van der Waals surface area contributed by atoms with E-state index in [0.29, 0.717) is 16.9 Å². The molecular formula is C18H14O5. The van der Waals surface area contributed by atoms with Crippen molar-refractivity contribution in [3.05, 3.63) is 71.8 Å². The molecule has 0 radical (unpaired) electrons. The number of esters is 1. The number of carboxylic acids is 1. The summed E-state index contributed by atoms with van der Waals surface area (Å²) in [7, 11) is 0. The Hall–Kier alpha value is -3.34. The minimum absolute atomic E-state index is 0.0751. The van der Waals surface area contributed by atoms with Gasteiger partial charge in [-0.25, -0.2) is 9.59 Å². The molecular weight excluding hydrogens is 296 g/mol. The van der Waals surface area contributed by atoms with Crippen molar-refractivity contribution in [2.45, 2.75) is 0 Å². The first-order chi connectivity index (χ1) is 11.0. The van der Waals surface area contributed by atoms with Crippen LogP contribution < -0.4 is 4.74 Å². The summed E-state index contributed by atoms with van der Waals surface area (Å²) in [5.41, 5.74) is 1.19. The van der Waals surface area contributed by atoms with Gasteiger partial charge >= 0.3 is 11.9 Å². The van der Waals surface area contributed by atoms with Crippen LogP contribution in [0.25, 0.3) is 12.2 Å². The summed E-state index contributed by atoms with van der Waals surface area (Å²) in [6, 6.07) is 13.0. The van der Waals surface area contributed by atoms with Gasteiger partial charge < -0.3 is 14.9 Å². The van der Waals surface area contributed by atoms with E-state index in [1.807, 2.05) is 0 Å². The Kier molecular flexibility index (Phi) is 5.30. The standard InChI is InChI=1S/C18H14O5/c19-16-4-2-1-3-14(16)8-12-18(22)23-15-9-5-13(6-10-15)7-11-17(20)21/h1-12,19H,(H,20,21). The Morgan fingerprint density at radius 2 is 1.61 bits per heavy atom. The van der Waals surface area contributed by atoms with Crippen molar-refractivity contribution in [1.29, 1.82) is 0 Å². The quantitative estimate of drug-likeness (QED) is 0.503. The van der Waals surface area contributed by atoms with Crippen molar-refractivity contribution in [2.75, 3.05) is 0 Å². The van der Waals surface area contributed by atoms with Crippen LogP contribution in [0.2, 0.25) is 0 Å². The fraction of sp³-hybridized carbons (Fsp3) is 0. The summed E-state index contributed by atoms with van der Waals surface area (Å²) in [6.07, 6.45) is 5.14. The average molecular weight is 310 g/mol. The average Bonchev–Trinajstić information content (AvgIpc) is 2.53. The number of aliphatic carboxylic acids is 1. The summed E-state index contributed by atoms with van der Waals surface area (Å²) < 4.78 is 5.11. The second kappa shape index (κ2) is 7.61. The summed E-state index contributed by atoms with van der Waals surface area (Å²) in [4.78, 5) is 22.1. The van der Waals surface area contributed by atoms with Gasteiger partial charge in [0.25, 0.3) is 0 Å². The van der Waals surface area contributed by atoms with Gasteiger partial charge in [0.15, 0.2) is 0 Å². The SMILES string of the molecule is O=C(O)C=Cc1ccc(OC(=O)C=Cc2ccccc2O)cc1. The summed E-state index contributed by atoms with van der Waals surface area (Å²) >= 11 is 0. The summed E-state index contributed by atoms with van der Waals surface area (Å²) in [5.74, 6) is -1.20. The van der Waals surface area contributed by atoms with Gasteiger partial charge in [-0.15, -0.1) is 0 Å². The Bertz CT molecular complexity index is 757. The minimum Gasteiger partial charge on any atom is -0.507 e. The van der Waals surface area contributed by atoms with Crippen LogP contribution in [-0.4, -0.2) is 22.2 Å². The van der Waals surface area contributed by atoms with E-state index in [2.05, 4.69) is 0 Å². The molecule has 0 heterocycles. The lowest BCUT2D eigenvalue weighted by Crippen LogP contribution is -2.03. The van der Waals surface area contributed by atoms with Crippen LogP contribution in [-0.2, 0) is 9.59 Å². The number of benzene rings is 2. The highest BCUT2D eigenvalue weighted by atomic mass is 16.5. The van der Waals surface area contributed by atoms with Gasteiger partial charge in [-0.05, 0) is 35.9 Å². The van der Waals surface area contributed by atoms with E-state index in [1.54, 1.807) is 42.5 Å². The molecule has 2 rings (SSSR count). The topological polar surface area (TPSA) is 83.8 Å². The third kappa shape index (κ3) is 5.17. The normalized spacial score (nSPS) is 11.0. The number of aromatic hydroxyl groups is 1. The second-order valence-electron chi connectivity index (χ2n) is 4.55.